The minimum Gasteiger partial charge on any atom is -0.494 e. The molecule has 0 aliphatic carbocycles. The van der Waals surface area contributed by atoms with Gasteiger partial charge in [0.15, 0.2) is 11.7 Å². The molecule has 0 saturated heterocycles. The summed E-state index contributed by atoms with van der Waals surface area (Å²) < 4.78 is 12.2. The molecule has 4 aromatic rings. The van der Waals surface area contributed by atoms with Crippen molar-refractivity contribution in [3.63, 3.8) is 0 Å². The number of halogens is 1. The van der Waals surface area contributed by atoms with Gasteiger partial charge in [0.2, 0.25) is 0 Å². The normalized spacial score (nSPS) is 11.3. The summed E-state index contributed by atoms with van der Waals surface area (Å²) in [4.78, 5) is 22.1. The van der Waals surface area contributed by atoms with E-state index in [4.69, 9.17) is 26.1 Å². The van der Waals surface area contributed by atoms with Gasteiger partial charge in [-0.2, -0.15) is 0 Å². The van der Waals surface area contributed by atoms with Gasteiger partial charge >= 0.3 is 0 Å². The molecule has 178 valence electrons. The van der Waals surface area contributed by atoms with Crippen molar-refractivity contribution in [2.75, 3.05) is 44.8 Å². The van der Waals surface area contributed by atoms with Crippen molar-refractivity contribution in [2.24, 2.45) is 0 Å². The maximum absolute atomic E-state index is 13.4. The average Bonchev–Trinajstić information content (AvgIpc) is 3.31. The molecule has 0 aliphatic heterocycles. The molecule has 1 aromatic heterocycles. The second kappa shape index (κ2) is 11.0. The smallest absolute Gasteiger partial charge is 0.266 e. The average molecular weight is 498 g/mol. The predicted octanol–water partition coefficient (Wildman–Crippen LogP) is 5.87. The van der Waals surface area contributed by atoms with Crippen molar-refractivity contribution in [1.82, 2.24) is 9.88 Å². The van der Waals surface area contributed by atoms with Crippen LogP contribution in [-0.2, 0) is 4.79 Å². The number of methoxy groups -OCH3 is 1. The lowest BCUT2D eigenvalue weighted by Crippen LogP contribution is -2.41. The number of rotatable bonds is 10. The molecular weight excluding hydrogens is 470 g/mol. The van der Waals surface area contributed by atoms with E-state index in [0.29, 0.717) is 33.7 Å². The topological polar surface area (TPSA) is 54.9 Å². The number of fused-ring (bicyclic) bond motifs is 2. The molecule has 0 atom stereocenters. The fourth-order valence-corrected chi connectivity index (χ4v) is 5.11. The number of anilines is 1. The Balaban J connectivity index is 1.59. The van der Waals surface area contributed by atoms with Crippen LogP contribution in [0.25, 0.3) is 21.0 Å². The third-order valence-corrected chi connectivity index (χ3v) is 7.36. The molecule has 3 aromatic carbocycles. The van der Waals surface area contributed by atoms with Gasteiger partial charge in [-0.25, -0.2) is 4.98 Å². The Morgan fingerprint density at radius 3 is 2.53 bits per heavy atom. The van der Waals surface area contributed by atoms with Crippen LogP contribution in [0.2, 0.25) is 5.02 Å². The number of likely N-dealkylation sites (N-methyl/N-ethyl adjacent to an activating group) is 1. The van der Waals surface area contributed by atoms with Crippen molar-refractivity contribution in [3.05, 3.63) is 59.6 Å². The van der Waals surface area contributed by atoms with Crippen LogP contribution in [0.3, 0.4) is 0 Å². The van der Waals surface area contributed by atoms with Gasteiger partial charge in [0.1, 0.15) is 17.0 Å². The van der Waals surface area contributed by atoms with Crippen LogP contribution in [0.5, 0.6) is 11.5 Å². The van der Waals surface area contributed by atoms with Crippen LogP contribution in [0.1, 0.15) is 13.8 Å². The summed E-state index contributed by atoms with van der Waals surface area (Å²) in [5.41, 5.74) is 0.658. The second-order valence-corrected chi connectivity index (χ2v) is 9.18. The fourth-order valence-electron chi connectivity index (χ4n) is 3.81. The molecule has 0 saturated carbocycles. The van der Waals surface area contributed by atoms with Gasteiger partial charge in [-0.1, -0.05) is 67.1 Å². The van der Waals surface area contributed by atoms with E-state index in [1.807, 2.05) is 42.5 Å². The highest BCUT2D eigenvalue weighted by atomic mass is 35.5. The highest BCUT2D eigenvalue weighted by Crippen LogP contribution is 2.38. The molecule has 0 unspecified atom stereocenters. The van der Waals surface area contributed by atoms with Crippen molar-refractivity contribution in [3.8, 4) is 11.5 Å². The van der Waals surface area contributed by atoms with Crippen LogP contribution >= 0.6 is 22.9 Å². The first-order valence-corrected chi connectivity index (χ1v) is 12.5. The predicted molar refractivity (Wildman–Crippen MR) is 141 cm³/mol. The Morgan fingerprint density at radius 1 is 1.03 bits per heavy atom. The number of hydrogen-bond acceptors (Lipinski definition) is 6. The molecule has 1 amide bonds. The summed E-state index contributed by atoms with van der Waals surface area (Å²) in [6, 6.07) is 17.5. The van der Waals surface area contributed by atoms with Gasteiger partial charge in [0.05, 0.1) is 16.8 Å². The number of carbonyl (C=O) groups is 1. The third-order valence-electron chi connectivity index (χ3n) is 5.82. The molecule has 8 heteroatoms. The van der Waals surface area contributed by atoms with Crippen LogP contribution in [0.4, 0.5) is 5.13 Å². The molecule has 0 fully saturated rings. The Bertz CT molecular complexity index is 1290. The molecule has 1 heterocycles. The van der Waals surface area contributed by atoms with Crippen molar-refractivity contribution >= 4 is 55.0 Å². The van der Waals surface area contributed by atoms with E-state index in [1.54, 1.807) is 24.1 Å². The molecule has 0 aliphatic rings. The SMILES string of the molecule is CCN(CC)CCN(C(=O)COc1ccc2ccccc2c1)c1nc2c(OC)ccc(Cl)c2s1. The second-order valence-electron chi connectivity index (χ2n) is 7.79. The molecule has 0 bridgehead atoms. The molecule has 0 radical (unpaired) electrons. The summed E-state index contributed by atoms with van der Waals surface area (Å²) in [5.74, 6) is 1.13. The van der Waals surface area contributed by atoms with Crippen molar-refractivity contribution in [1.29, 1.82) is 0 Å². The fraction of sp³-hybridized carbons (Fsp3) is 0.308. The minimum atomic E-state index is -0.158. The summed E-state index contributed by atoms with van der Waals surface area (Å²) in [7, 11) is 1.60. The third kappa shape index (κ3) is 5.27. The van der Waals surface area contributed by atoms with Crippen molar-refractivity contribution in [2.45, 2.75) is 13.8 Å². The summed E-state index contributed by atoms with van der Waals surface area (Å²) >= 11 is 7.81. The van der Waals surface area contributed by atoms with Gasteiger partial charge in [-0.15, -0.1) is 0 Å². The number of benzene rings is 3. The number of nitrogens with zero attached hydrogens (tertiary/aromatic N) is 3. The van der Waals surface area contributed by atoms with Gasteiger partial charge in [0, 0.05) is 13.1 Å². The van der Waals surface area contributed by atoms with Crippen LogP contribution in [0, 0.1) is 0 Å². The lowest BCUT2D eigenvalue weighted by atomic mass is 10.1. The van der Waals surface area contributed by atoms with Crippen LogP contribution in [-0.4, -0.2) is 55.7 Å². The summed E-state index contributed by atoms with van der Waals surface area (Å²) in [6.45, 7) is 7.19. The van der Waals surface area contributed by atoms with E-state index >= 15 is 0 Å². The highest BCUT2D eigenvalue weighted by molar-refractivity contribution is 7.23. The van der Waals surface area contributed by atoms with Crippen LogP contribution < -0.4 is 14.4 Å². The van der Waals surface area contributed by atoms with Gasteiger partial charge in [0.25, 0.3) is 5.91 Å². The standard InChI is InChI=1S/C26H28ClN3O3S/c1-4-29(5-2)14-15-30(26-28-24-22(32-3)13-12-21(27)25(24)34-26)23(31)17-33-20-11-10-18-8-6-7-9-19(18)16-20/h6-13,16H,4-5,14-15,17H2,1-3H3. The van der Waals surface area contributed by atoms with E-state index in [2.05, 4.69) is 18.7 Å². The van der Waals surface area contributed by atoms with Gasteiger partial charge in [-0.3, -0.25) is 9.69 Å². The molecule has 0 N–H and O–H groups in total. The van der Waals surface area contributed by atoms with Crippen molar-refractivity contribution < 1.29 is 14.3 Å². The van der Waals surface area contributed by atoms with Gasteiger partial charge in [-0.05, 0) is 48.1 Å². The monoisotopic (exact) mass is 497 g/mol. The summed E-state index contributed by atoms with van der Waals surface area (Å²) in [6.07, 6.45) is 0. The Morgan fingerprint density at radius 2 is 1.79 bits per heavy atom. The van der Waals surface area contributed by atoms with Gasteiger partial charge < -0.3 is 14.4 Å². The Labute approximate surface area is 208 Å². The first-order chi connectivity index (χ1) is 16.5. The Kier molecular flexibility index (Phi) is 7.88. The van der Waals surface area contributed by atoms with Crippen LogP contribution in [0.15, 0.2) is 54.6 Å². The first-order valence-electron chi connectivity index (χ1n) is 11.3. The minimum absolute atomic E-state index is 0.0859. The zero-order valence-electron chi connectivity index (χ0n) is 19.6. The number of hydrogen-bond donors (Lipinski definition) is 0. The molecule has 0 spiro atoms. The first kappa shape index (κ1) is 24.3. The number of thiazole rings is 1. The maximum Gasteiger partial charge on any atom is 0.266 e. The van der Waals surface area contributed by atoms with E-state index in [0.717, 1.165) is 35.1 Å². The molecular formula is C26H28ClN3O3S. The van der Waals surface area contributed by atoms with E-state index < -0.39 is 0 Å². The Hall–Kier alpha value is -2.87. The maximum atomic E-state index is 13.4. The summed E-state index contributed by atoms with van der Waals surface area (Å²) in [5, 5.41) is 3.37. The van der Waals surface area contributed by atoms with E-state index in [9.17, 15) is 4.79 Å². The number of ether oxygens (including phenoxy) is 2. The zero-order chi connectivity index (χ0) is 24.1. The highest BCUT2D eigenvalue weighted by Gasteiger charge is 2.23. The lowest BCUT2D eigenvalue weighted by Gasteiger charge is -2.24. The molecule has 34 heavy (non-hydrogen) atoms. The lowest BCUT2D eigenvalue weighted by molar-refractivity contribution is -0.120. The molecule has 4 rings (SSSR count). The number of carbonyl (C=O) groups excluding carboxylic acids is 1. The number of amides is 1. The van der Waals surface area contributed by atoms with E-state index in [-0.39, 0.29) is 12.5 Å². The quantitative estimate of drug-likeness (QED) is 0.274. The largest absolute Gasteiger partial charge is 0.494 e. The van der Waals surface area contributed by atoms with E-state index in [1.165, 1.54) is 11.3 Å². The number of aromatic nitrogens is 1. The molecule has 6 nitrogen and oxygen atoms in total. The zero-order valence-corrected chi connectivity index (χ0v) is 21.2.